The monoisotopic (exact) mass is 342 g/mol. The third kappa shape index (κ3) is 3.52. The highest BCUT2D eigenvalue weighted by molar-refractivity contribution is 6.14. The molecule has 0 bridgehead atoms. The van der Waals surface area contributed by atoms with Crippen molar-refractivity contribution in [2.24, 2.45) is 0 Å². The first-order chi connectivity index (χ1) is 12.0. The van der Waals surface area contributed by atoms with Crippen molar-refractivity contribution in [2.75, 3.05) is 7.11 Å². The average molecular weight is 342 g/mol. The number of allylic oxidation sites excluding steroid dienone is 1. The standard InChI is InChI=1S/C19H15FO5/c1-11(19(22)23-2)24-14-6-7-15-16(10-14)25-17(18(15)21)9-12-4-3-5-13(20)8-12/h3-11H,1-2H3/b17-9-/t11-/m1/s1. The summed E-state index contributed by atoms with van der Waals surface area (Å²) in [6, 6.07) is 10.5. The summed E-state index contributed by atoms with van der Waals surface area (Å²) >= 11 is 0. The predicted octanol–water partition coefficient (Wildman–Crippen LogP) is 3.38. The molecule has 0 aliphatic carbocycles. The van der Waals surface area contributed by atoms with E-state index in [4.69, 9.17) is 9.47 Å². The van der Waals surface area contributed by atoms with E-state index >= 15 is 0 Å². The molecule has 0 fully saturated rings. The number of fused-ring (bicyclic) bond motifs is 1. The topological polar surface area (TPSA) is 61.8 Å². The Kier molecular flexibility index (Phi) is 4.52. The molecule has 2 aromatic rings. The minimum atomic E-state index is -0.789. The van der Waals surface area contributed by atoms with Crippen molar-refractivity contribution in [3.63, 3.8) is 0 Å². The Morgan fingerprint density at radius 1 is 1.24 bits per heavy atom. The van der Waals surface area contributed by atoms with Crippen molar-refractivity contribution >= 4 is 17.8 Å². The quantitative estimate of drug-likeness (QED) is 0.630. The number of ether oxygens (including phenoxy) is 3. The van der Waals surface area contributed by atoms with Gasteiger partial charge in [-0.3, -0.25) is 4.79 Å². The average Bonchev–Trinajstić information content (AvgIpc) is 2.89. The van der Waals surface area contributed by atoms with Crippen LogP contribution < -0.4 is 9.47 Å². The molecule has 128 valence electrons. The number of methoxy groups -OCH3 is 1. The molecule has 6 heteroatoms. The summed E-state index contributed by atoms with van der Waals surface area (Å²) < 4.78 is 28.9. The summed E-state index contributed by atoms with van der Waals surface area (Å²) in [6.45, 7) is 1.56. The number of halogens is 1. The first-order valence-electron chi connectivity index (χ1n) is 7.56. The lowest BCUT2D eigenvalue weighted by Crippen LogP contribution is -2.24. The van der Waals surface area contributed by atoms with Gasteiger partial charge in [0.05, 0.1) is 12.7 Å². The molecule has 0 saturated carbocycles. The summed E-state index contributed by atoms with van der Waals surface area (Å²) in [5.41, 5.74) is 0.896. The molecule has 0 amide bonds. The van der Waals surface area contributed by atoms with Gasteiger partial charge in [-0.2, -0.15) is 0 Å². The van der Waals surface area contributed by atoms with E-state index < -0.39 is 17.9 Å². The van der Waals surface area contributed by atoms with Crippen molar-refractivity contribution in [1.29, 1.82) is 0 Å². The number of ketones is 1. The van der Waals surface area contributed by atoms with Gasteiger partial charge in [-0.05, 0) is 42.8 Å². The lowest BCUT2D eigenvalue weighted by molar-refractivity contribution is -0.147. The molecule has 1 aliphatic heterocycles. The normalized spacial score (nSPS) is 15.5. The molecule has 3 rings (SSSR count). The third-order valence-electron chi connectivity index (χ3n) is 3.63. The van der Waals surface area contributed by atoms with Crippen LogP contribution in [-0.2, 0) is 9.53 Å². The number of esters is 1. The van der Waals surface area contributed by atoms with Crippen LogP contribution in [0.3, 0.4) is 0 Å². The van der Waals surface area contributed by atoms with Gasteiger partial charge >= 0.3 is 5.97 Å². The van der Waals surface area contributed by atoms with Crippen LogP contribution in [0.15, 0.2) is 48.2 Å². The Balaban J connectivity index is 1.83. The molecule has 2 aromatic carbocycles. The molecule has 25 heavy (non-hydrogen) atoms. The van der Waals surface area contributed by atoms with Crippen LogP contribution >= 0.6 is 0 Å². The van der Waals surface area contributed by atoms with Gasteiger partial charge in [0, 0.05) is 6.07 Å². The first kappa shape index (κ1) is 16.7. The first-order valence-corrected chi connectivity index (χ1v) is 7.56. The van der Waals surface area contributed by atoms with Crippen molar-refractivity contribution in [3.8, 4) is 11.5 Å². The van der Waals surface area contributed by atoms with Gasteiger partial charge in [0.15, 0.2) is 11.9 Å². The molecule has 5 nitrogen and oxygen atoms in total. The van der Waals surface area contributed by atoms with E-state index in [1.165, 1.54) is 31.4 Å². The van der Waals surface area contributed by atoms with Crippen molar-refractivity contribution < 1.29 is 28.2 Å². The summed E-state index contributed by atoms with van der Waals surface area (Å²) in [5.74, 6) is -0.418. The van der Waals surface area contributed by atoms with Crippen molar-refractivity contribution in [1.82, 2.24) is 0 Å². The molecule has 0 aromatic heterocycles. The molecule has 0 radical (unpaired) electrons. The molecule has 0 saturated heterocycles. The van der Waals surface area contributed by atoms with Crippen molar-refractivity contribution in [3.05, 3.63) is 65.2 Å². The Morgan fingerprint density at radius 2 is 2.04 bits per heavy atom. The van der Waals surface area contributed by atoms with Crippen LogP contribution in [0.4, 0.5) is 4.39 Å². The van der Waals surface area contributed by atoms with Gasteiger partial charge in [-0.25, -0.2) is 9.18 Å². The van der Waals surface area contributed by atoms with E-state index in [0.717, 1.165) is 0 Å². The molecule has 1 atom stereocenters. The van der Waals surface area contributed by atoms with Gasteiger partial charge in [-0.15, -0.1) is 0 Å². The second-order valence-corrected chi connectivity index (χ2v) is 5.44. The van der Waals surface area contributed by atoms with E-state index in [9.17, 15) is 14.0 Å². The van der Waals surface area contributed by atoms with Gasteiger partial charge in [0.1, 0.15) is 17.3 Å². The molecule has 1 aliphatic rings. The molecule has 0 unspecified atom stereocenters. The van der Waals surface area contributed by atoms with E-state index in [1.807, 2.05) is 0 Å². The van der Waals surface area contributed by atoms with Crippen LogP contribution in [0, 0.1) is 5.82 Å². The zero-order valence-electron chi connectivity index (χ0n) is 13.6. The number of Topliss-reactive ketones (excluding diaryl/α,β-unsaturated/α-hetero) is 1. The summed E-state index contributed by atoms with van der Waals surface area (Å²) in [7, 11) is 1.27. The largest absolute Gasteiger partial charge is 0.479 e. The van der Waals surface area contributed by atoms with Gasteiger partial charge in [-0.1, -0.05) is 12.1 Å². The second kappa shape index (κ2) is 6.76. The highest BCUT2D eigenvalue weighted by atomic mass is 19.1. The second-order valence-electron chi connectivity index (χ2n) is 5.44. The molecule has 1 heterocycles. The number of carbonyl (C=O) groups is 2. The lowest BCUT2D eigenvalue weighted by atomic mass is 10.1. The zero-order valence-corrected chi connectivity index (χ0v) is 13.6. The molecule has 0 spiro atoms. The van der Waals surface area contributed by atoms with Gasteiger partial charge in [0.25, 0.3) is 0 Å². The highest BCUT2D eigenvalue weighted by Crippen LogP contribution is 2.35. The smallest absolute Gasteiger partial charge is 0.346 e. The van der Waals surface area contributed by atoms with Crippen LogP contribution in [0.2, 0.25) is 0 Å². The van der Waals surface area contributed by atoms with Crippen molar-refractivity contribution in [2.45, 2.75) is 13.0 Å². The number of rotatable bonds is 4. The fourth-order valence-electron chi connectivity index (χ4n) is 2.41. The minimum Gasteiger partial charge on any atom is -0.479 e. The fraction of sp³-hybridized carbons (Fsp3) is 0.158. The number of carbonyl (C=O) groups excluding carboxylic acids is 2. The number of hydrogen-bond donors (Lipinski definition) is 0. The Bertz CT molecular complexity index is 872. The summed E-state index contributed by atoms with van der Waals surface area (Å²) in [5, 5.41) is 0. The van der Waals surface area contributed by atoms with E-state index in [1.54, 1.807) is 31.2 Å². The van der Waals surface area contributed by atoms with Gasteiger partial charge in [0.2, 0.25) is 5.78 Å². The maximum Gasteiger partial charge on any atom is 0.346 e. The van der Waals surface area contributed by atoms with E-state index in [-0.39, 0.29) is 11.5 Å². The summed E-state index contributed by atoms with van der Waals surface area (Å²) in [4.78, 5) is 23.8. The Hall–Kier alpha value is -3.15. The lowest BCUT2D eigenvalue weighted by Gasteiger charge is -2.12. The third-order valence-corrected chi connectivity index (χ3v) is 3.63. The SMILES string of the molecule is COC(=O)[C@@H](C)Oc1ccc2c(c1)O/C(=C\c1cccc(F)c1)C2=O. The maximum atomic E-state index is 13.3. The Labute approximate surface area is 143 Å². The predicted molar refractivity (Wildman–Crippen MR) is 87.9 cm³/mol. The van der Waals surface area contributed by atoms with Crippen LogP contribution in [0.25, 0.3) is 6.08 Å². The Morgan fingerprint density at radius 3 is 2.76 bits per heavy atom. The molecule has 0 N–H and O–H groups in total. The zero-order chi connectivity index (χ0) is 18.0. The number of hydrogen-bond acceptors (Lipinski definition) is 5. The highest BCUT2D eigenvalue weighted by Gasteiger charge is 2.28. The van der Waals surface area contributed by atoms with Crippen LogP contribution in [0.5, 0.6) is 11.5 Å². The number of benzene rings is 2. The maximum absolute atomic E-state index is 13.3. The van der Waals surface area contributed by atoms with Crippen LogP contribution in [0.1, 0.15) is 22.8 Å². The van der Waals surface area contributed by atoms with E-state index in [0.29, 0.717) is 22.6 Å². The molecular weight excluding hydrogens is 327 g/mol. The van der Waals surface area contributed by atoms with Gasteiger partial charge < -0.3 is 14.2 Å². The van der Waals surface area contributed by atoms with Crippen LogP contribution in [-0.4, -0.2) is 25.0 Å². The summed E-state index contributed by atoms with van der Waals surface area (Å²) in [6.07, 6.45) is 0.686. The van der Waals surface area contributed by atoms with E-state index in [2.05, 4.69) is 4.74 Å². The molecular formula is C19H15FO5. The minimum absolute atomic E-state index is 0.0961. The fourth-order valence-corrected chi connectivity index (χ4v) is 2.41.